The molecule has 1 aliphatic heterocycles. The van der Waals surface area contributed by atoms with Gasteiger partial charge in [-0.15, -0.1) is 11.3 Å². The summed E-state index contributed by atoms with van der Waals surface area (Å²) in [6.07, 6.45) is -4.67. The largest absolute Gasteiger partial charge is 0.416 e. The summed E-state index contributed by atoms with van der Waals surface area (Å²) in [4.78, 5) is 14.9. The fraction of sp³-hybridized carbons (Fsp3) is 0.421. The third-order valence-electron chi connectivity index (χ3n) is 4.75. The van der Waals surface area contributed by atoms with E-state index in [0.717, 1.165) is 23.1 Å². The molecular formula is C19H22F3N3O4S2. The molecule has 0 bridgehead atoms. The van der Waals surface area contributed by atoms with E-state index in [-0.39, 0.29) is 12.6 Å². The van der Waals surface area contributed by atoms with E-state index in [9.17, 15) is 26.4 Å². The third kappa shape index (κ3) is 6.50. The van der Waals surface area contributed by atoms with Crippen molar-refractivity contribution < 1.29 is 31.1 Å². The summed E-state index contributed by atoms with van der Waals surface area (Å²) in [6.45, 7) is 2.28. The molecule has 0 radical (unpaired) electrons. The average Bonchev–Trinajstić information content (AvgIpc) is 3.27. The van der Waals surface area contributed by atoms with Gasteiger partial charge in [-0.25, -0.2) is 13.1 Å². The maximum absolute atomic E-state index is 12.8. The van der Waals surface area contributed by atoms with Crippen LogP contribution >= 0.6 is 11.3 Å². The van der Waals surface area contributed by atoms with Gasteiger partial charge in [0.15, 0.2) is 0 Å². The van der Waals surface area contributed by atoms with Crippen LogP contribution < -0.4 is 10.0 Å². The number of benzene rings is 1. The summed E-state index contributed by atoms with van der Waals surface area (Å²) >= 11 is 1.56. The van der Waals surface area contributed by atoms with Gasteiger partial charge in [0.2, 0.25) is 15.9 Å². The van der Waals surface area contributed by atoms with Crippen molar-refractivity contribution in [2.24, 2.45) is 0 Å². The van der Waals surface area contributed by atoms with Crippen molar-refractivity contribution in [3.05, 3.63) is 52.2 Å². The Bertz CT molecular complexity index is 976. The molecule has 2 N–H and O–H groups in total. The highest BCUT2D eigenvalue weighted by molar-refractivity contribution is 7.89. The zero-order valence-electron chi connectivity index (χ0n) is 16.4. The van der Waals surface area contributed by atoms with E-state index in [2.05, 4.69) is 14.9 Å². The summed E-state index contributed by atoms with van der Waals surface area (Å²) in [6, 6.07) is 7.17. The highest BCUT2D eigenvalue weighted by Crippen LogP contribution is 2.30. The number of sulfonamides is 1. The number of carbonyl (C=O) groups is 1. The van der Waals surface area contributed by atoms with E-state index in [1.54, 1.807) is 11.3 Å². The van der Waals surface area contributed by atoms with E-state index < -0.39 is 39.1 Å². The number of rotatable bonds is 8. The van der Waals surface area contributed by atoms with Crippen LogP contribution in [0.2, 0.25) is 0 Å². The SMILES string of the molecule is O=C(CNS(=O)(=O)c1cccc(C(F)(F)F)c1)NCC(c1cccs1)N1CCOCC1. The number of thiophene rings is 1. The normalized spacial score (nSPS) is 16.7. The summed E-state index contributed by atoms with van der Waals surface area (Å²) in [5.41, 5.74) is -1.08. The van der Waals surface area contributed by atoms with E-state index in [1.807, 2.05) is 17.5 Å². The van der Waals surface area contributed by atoms with Crippen molar-refractivity contribution in [1.82, 2.24) is 14.9 Å². The molecule has 1 aromatic heterocycles. The molecule has 0 aliphatic carbocycles. The van der Waals surface area contributed by atoms with Gasteiger partial charge in [-0.05, 0) is 29.6 Å². The standard InChI is InChI=1S/C19H22F3N3O4S2/c20-19(21,22)14-3-1-4-15(11-14)31(27,28)24-13-18(26)23-12-16(17-5-2-10-30-17)25-6-8-29-9-7-25/h1-5,10-11,16,24H,6-9,12-13H2,(H,23,26). The molecule has 7 nitrogen and oxygen atoms in total. The van der Waals surface area contributed by atoms with Crippen LogP contribution in [0.25, 0.3) is 0 Å². The first-order chi connectivity index (χ1) is 14.7. The Morgan fingerprint density at radius 1 is 1.19 bits per heavy atom. The molecule has 1 saturated heterocycles. The fourth-order valence-corrected chi connectivity index (χ4v) is 5.02. The lowest BCUT2D eigenvalue weighted by atomic mass is 10.2. The number of hydrogen-bond acceptors (Lipinski definition) is 6. The summed E-state index contributed by atoms with van der Waals surface area (Å²) < 4.78 is 70.5. The lowest BCUT2D eigenvalue weighted by Gasteiger charge is -2.34. The number of ether oxygens (including phenoxy) is 1. The van der Waals surface area contributed by atoms with Gasteiger partial charge in [-0.1, -0.05) is 12.1 Å². The van der Waals surface area contributed by atoms with Crippen molar-refractivity contribution >= 4 is 27.3 Å². The fourth-order valence-electron chi connectivity index (χ4n) is 3.14. The molecule has 31 heavy (non-hydrogen) atoms. The van der Waals surface area contributed by atoms with Crippen LogP contribution in [0.3, 0.4) is 0 Å². The van der Waals surface area contributed by atoms with Crippen LogP contribution in [0.15, 0.2) is 46.7 Å². The lowest BCUT2D eigenvalue weighted by molar-refractivity contribution is -0.137. The van der Waals surface area contributed by atoms with E-state index in [1.165, 1.54) is 0 Å². The molecule has 0 spiro atoms. The van der Waals surface area contributed by atoms with Crippen molar-refractivity contribution in [3.8, 4) is 0 Å². The molecule has 1 unspecified atom stereocenters. The molecule has 2 heterocycles. The Kier molecular flexibility index (Phi) is 7.70. The van der Waals surface area contributed by atoms with Crippen LogP contribution in [0.5, 0.6) is 0 Å². The number of carbonyl (C=O) groups excluding carboxylic acids is 1. The Balaban J connectivity index is 1.58. The number of amides is 1. The van der Waals surface area contributed by atoms with E-state index in [0.29, 0.717) is 32.4 Å². The average molecular weight is 478 g/mol. The van der Waals surface area contributed by atoms with Gasteiger partial charge in [-0.2, -0.15) is 13.2 Å². The Labute approximate surface area is 182 Å². The quantitative estimate of drug-likeness (QED) is 0.609. The highest BCUT2D eigenvalue weighted by atomic mass is 32.2. The lowest BCUT2D eigenvalue weighted by Crippen LogP contribution is -2.45. The zero-order chi connectivity index (χ0) is 22.5. The van der Waals surface area contributed by atoms with Crippen LogP contribution in [-0.4, -0.2) is 58.6 Å². The van der Waals surface area contributed by atoms with Gasteiger partial charge in [-0.3, -0.25) is 9.69 Å². The summed E-state index contributed by atoms with van der Waals surface area (Å²) in [7, 11) is -4.28. The van der Waals surface area contributed by atoms with Crippen LogP contribution in [0.4, 0.5) is 13.2 Å². The zero-order valence-corrected chi connectivity index (χ0v) is 18.0. The Morgan fingerprint density at radius 2 is 1.94 bits per heavy atom. The van der Waals surface area contributed by atoms with Gasteiger partial charge in [0, 0.05) is 24.5 Å². The van der Waals surface area contributed by atoms with E-state index >= 15 is 0 Å². The number of halogens is 3. The van der Waals surface area contributed by atoms with Crippen LogP contribution in [0.1, 0.15) is 16.5 Å². The minimum Gasteiger partial charge on any atom is -0.379 e. The molecule has 1 amide bonds. The monoisotopic (exact) mass is 477 g/mol. The topological polar surface area (TPSA) is 87.7 Å². The highest BCUT2D eigenvalue weighted by Gasteiger charge is 2.31. The molecule has 1 atom stereocenters. The van der Waals surface area contributed by atoms with E-state index in [4.69, 9.17) is 4.74 Å². The smallest absolute Gasteiger partial charge is 0.379 e. The molecular weight excluding hydrogens is 455 g/mol. The van der Waals surface area contributed by atoms with Gasteiger partial charge in [0.25, 0.3) is 0 Å². The van der Waals surface area contributed by atoms with Gasteiger partial charge in [0.1, 0.15) is 0 Å². The molecule has 0 saturated carbocycles. The summed E-state index contributed by atoms with van der Waals surface area (Å²) in [5.74, 6) is -0.578. The predicted octanol–water partition coefficient (Wildman–Crippen LogP) is 2.23. The predicted molar refractivity (Wildman–Crippen MR) is 109 cm³/mol. The van der Waals surface area contributed by atoms with Crippen molar-refractivity contribution in [2.45, 2.75) is 17.1 Å². The molecule has 1 aliphatic rings. The molecule has 2 aromatic rings. The first-order valence-electron chi connectivity index (χ1n) is 9.45. The number of morpholine rings is 1. The number of hydrogen-bond donors (Lipinski definition) is 2. The summed E-state index contributed by atoms with van der Waals surface area (Å²) in [5, 5.41) is 4.64. The maximum Gasteiger partial charge on any atom is 0.416 e. The third-order valence-corrected chi connectivity index (χ3v) is 7.12. The second-order valence-corrected chi connectivity index (χ2v) is 9.58. The van der Waals surface area contributed by atoms with Gasteiger partial charge in [0.05, 0.1) is 36.3 Å². The maximum atomic E-state index is 12.8. The molecule has 170 valence electrons. The molecule has 1 aromatic carbocycles. The van der Waals surface area contributed by atoms with Crippen LogP contribution in [-0.2, 0) is 25.7 Å². The molecule has 3 rings (SSSR count). The van der Waals surface area contributed by atoms with Crippen molar-refractivity contribution in [1.29, 1.82) is 0 Å². The van der Waals surface area contributed by atoms with Crippen molar-refractivity contribution in [2.75, 3.05) is 39.4 Å². The first kappa shape index (κ1) is 23.7. The van der Waals surface area contributed by atoms with Gasteiger partial charge < -0.3 is 10.1 Å². The Morgan fingerprint density at radius 3 is 2.58 bits per heavy atom. The van der Waals surface area contributed by atoms with Crippen molar-refractivity contribution in [3.63, 3.8) is 0 Å². The van der Waals surface area contributed by atoms with Crippen LogP contribution in [0, 0.1) is 0 Å². The second-order valence-electron chi connectivity index (χ2n) is 6.83. The molecule has 1 fully saturated rings. The second kappa shape index (κ2) is 10.1. The first-order valence-corrected chi connectivity index (χ1v) is 11.8. The minimum absolute atomic E-state index is 0.0760. The molecule has 12 heteroatoms. The Hall–Kier alpha value is -1.99. The number of nitrogens with one attached hydrogen (secondary N) is 2. The van der Waals surface area contributed by atoms with Gasteiger partial charge >= 0.3 is 6.18 Å². The number of alkyl halides is 3. The minimum atomic E-state index is -4.67. The number of nitrogens with zero attached hydrogens (tertiary/aromatic N) is 1.